The first kappa shape index (κ1) is 28.4. The van der Waals surface area contributed by atoms with Crippen LogP contribution in [0.25, 0.3) is 11.3 Å². The molecule has 2 aromatic carbocycles. The molecule has 1 saturated carbocycles. The number of sulfonamides is 1. The van der Waals surface area contributed by atoms with Gasteiger partial charge in [0.25, 0.3) is 11.8 Å². The minimum Gasteiger partial charge on any atom is -0.371 e. The van der Waals surface area contributed by atoms with E-state index in [9.17, 15) is 22.0 Å². The van der Waals surface area contributed by atoms with Crippen molar-refractivity contribution >= 4 is 38.7 Å². The van der Waals surface area contributed by atoms with Crippen LogP contribution in [-0.4, -0.2) is 57.3 Å². The number of halogens is 2. The predicted molar refractivity (Wildman–Crippen MR) is 159 cm³/mol. The Kier molecular flexibility index (Phi) is 7.36. The SMILES string of the molecule is CCS(=O)(=O)Nc1ccc(C(=O)Nc2ccc(-c3ccon3)c(N3CCC(F)(F)CC3)c2)c(N2CCC3(CC2)CC3)c1. The summed E-state index contributed by atoms with van der Waals surface area (Å²) < 4.78 is 60.0. The Hall–Kier alpha value is -3.67. The maximum atomic E-state index is 13.9. The van der Waals surface area contributed by atoms with Gasteiger partial charge in [0.15, 0.2) is 0 Å². The Balaban J connectivity index is 1.29. The van der Waals surface area contributed by atoms with Gasteiger partial charge in [-0.2, -0.15) is 0 Å². The summed E-state index contributed by atoms with van der Waals surface area (Å²) in [5.74, 6) is -3.09. The van der Waals surface area contributed by atoms with E-state index in [4.69, 9.17) is 4.52 Å². The molecule has 2 N–H and O–H groups in total. The second kappa shape index (κ2) is 10.9. The standard InChI is InChI=1S/C30H35F2N5O4S/c1-2-42(39,40)35-22-4-6-24(27(20-22)36-14-10-29(8-9-29)11-15-36)28(38)33-21-3-5-23(25-7-18-41-34-25)26(19-21)37-16-12-30(31,32)13-17-37/h3-7,18-20,35H,2,8-17H2,1H3,(H,33,38). The third-order valence-corrected chi connectivity index (χ3v) is 10.1. The molecule has 6 rings (SSSR count). The zero-order valence-corrected chi connectivity index (χ0v) is 24.4. The fourth-order valence-corrected chi connectivity index (χ4v) is 6.54. The number of alkyl halides is 2. The minimum atomic E-state index is -3.49. The van der Waals surface area contributed by atoms with Crippen molar-refractivity contribution in [3.8, 4) is 11.3 Å². The van der Waals surface area contributed by atoms with Crippen LogP contribution in [0.3, 0.4) is 0 Å². The van der Waals surface area contributed by atoms with Gasteiger partial charge < -0.3 is 19.6 Å². The second-order valence-electron chi connectivity index (χ2n) is 11.6. The highest BCUT2D eigenvalue weighted by Gasteiger charge is 2.44. The van der Waals surface area contributed by atoms with Crippen LogP contribution in [0.4, 0.5) is 31.5 Å². The average molecular weight is 600 g/mol. The number of piperidine rings is 2. The molecule has 3 aromatic rings. The molecule has 0 radical (unpaired) electrons. The summed E-state index contributed by atoms with van der Waals surface area (Å²) >= 11 is 0. The van der Waals surface area contributed by atoms with Crippen molar-refractivity contribution in [1.82, 2.24) is 5.16 Å². The molecule has 0 unspecified atom stereocenters. The molecule has 3 fully saturated rings. The first-order valence-electron chi connectivity index (χ1n) is 14.4. The van der Waals surface area contributed by atoms with Crippen LogP contribution in [0.5, 0.6) is 0 Å². The molecule has 1 aliphatic carbocycles. The zero-order valence-electron chi connectivity index (χ0n) is 23.5. The van der Waals surface area contributed by atoms with E-state index >= 15 is 0 Å². The number of benzene rings is 2. The number of carbonyl (C=O) groups is 1. The second-order valence-corrected chi connectivity index (χ2v) is 13.6. The Bertz CT molecular complexity index is 1550. The lowest BCUT2D eigenvalue weighted by Gasteiger charge is -2.35. The lowest BCUT2D eigenvalue weighted by molar-refractivity contribution is -0.0220. The highest BCUT2D eigenvalue weighted by atomic mass is 32.2. The Labute approximate surface area is 244 Å². The molecule has 3 aliphatic rings. The van der Waals surface area contributed by atoms with E-state index in [1.807, 2.05) is 4.90 Å². The van der Waals surface area contributed by atoms with Crippen molar-refractivity contribution in [2.75, 3.05) is 51.8 Å². The Morgan fingerprint density at radius 1 is 0.905 bits per heavy atom. The molecule has 1 spiro atoms. The molecule has 1 aromatic heterocycles. The number of nitrogens with one attached hydrogen (secondary N) is 2. The Morgan fingerprint density at radius 3 is 2.19 bits per heavy atom. The fourth-order valence-electron chi connectivity index (χ4n) is 5.91. The molecule has 224 valence electrons. The first-order chi connectivity index (χ1) is 20.1. The number of amides is 1. The van der Waals surface area contributed by atoms with E-state index in [1.54, 1.807) is 49.4 Å². The molecule has 0 atom stereocenters. The molecular weight excluding hydrogens is 564 g/mol. The normalized spacial score (nSPS) is 19.5. The number of anilines is 4. The number of carbonyl (C=O) groups excluding carboxylic acids is 1. The van der Waals surface area contributed by atoms with Crippen LogP contribution in [0.2, 0.25) is 0 Å². The first-order valence-corrected chi connectivity index (χ1v) is 16.1. The third kappa shape index (κ3) is 6.08. The van der Waals surface area contributed by atoms with Gasteiger partial charge in [0.1, 0.15) is 12.0 Å². The van der Waals surface area contributed by atoms with Crippen LogP contribution in [-0.2, 0) is 10.0 Å². The van der Waals surface area contributed by atoms with Gasteiger partial charge in [-0.3, -0.25) is 9.52 Å². The van der Waals surface area contributed by atoms with Crippen molar-refractivity contribution in [3.05, 3.63) is 54.3 Å². The highest BCUT2D eigenvalue weighted by Crippen LogP contribution is 2.54. The summed E-state index contributed by atoms with van der Waals surface area (Å²) in [6, 6.07) is 12.0. The monoisotopic (exact) mass is 599 g/mol. The molecule has 42 heavy (non-hydrogen) atoms. The molecule has 2 saturated heterocycles. The molecule has 0 bridgehead atoms. The maximum absolute atomic E-state index is 13.9. The van der Waals surface area contributed by atoms with Gasteiger partial charge in [-0.1, -0.05) is 5.16 Å². The molecule has 9 nitrogen and oxygen atoms in total. The predicted octanol–water partition coefficient (Wildman–Crippen LogP) is 5.97. The largest absolute Gasteiger partial charge is 0.371 e. The summed E-state index contributed by atoms with van der Waals surface area (Å²) in [4.78, 5) is 17.8. The van der Waals surface area contributed by atoms with E-state index in [0.29, 0.717) is 39.4 Å². The molecule has 3 heterocycles. The van der Waals surface area contributed by atoms with E-state index < -0.39 is 15.9 Å². The van der Waals surface area contributed by atoms with E-state index in [1.165, 1.54) is 19.1 Å². The van der Waals surface area contributed by atoms with Crippen LogP contribution in [0, 0.1) is 5.41 Å². The summed E-state index contributed by atoms with van der Waals surface area (Å²) in [6.07, 6.45) is 5.52. The lowest BCUT2D eigenvalue weighted by Crippen LogP contribution is -2.39. The van der Waals surface area contributed by atoms with E-state index in [2.05, 4.69) is 20.1 Å². The van der Waals surface area contributed by atoms with Crippen LogP contribution in [0.1, 0.15) is 55.8 Å². The third-order valence-electron chi connectivity index (χ3n) is 8.82. The summed E-state index contributed by atoms with van der Waals surface area (Å²) in [6.45, 7) is 3.50. The summed E-state index contributed by atoms with van der Waals surface area (Å²) in [5, 5.41) is 7.03. The topological polar surface area (TPSA) is 108 Å². The molecular formula is C30H35F2N5O4S. The number of hydrogen-bond acceptors (Lipinski definition) is 7. The molecule has 1 amide bonds. The quantitative estimate of drug-likeness (QED) is 0.328. The van der Waals surface area contributed by atoms with Gasteiger partial charge in [-0.15, -0.1) is 0 Å². The van der Waals surface area contributed by atoms with Crippen molar-refractivity contribution in [2.24, 2.45) is 5.41 Å². The van der Waals surface area contributed by atoms with E-state index in [0.717, 1.165) is 31.5 Å². The zero-order chi connectivity index (χ0) is 29.5. The van der Waals surface area contributed by atoms with Gasteiger partial charge in [-0.05, 0) is 74.4 Å². The van der Waals surface area contributed by atoms with Crippen LogP contribution < -0.4 is 19.8 Å². The fraction of sp³-hybridized carbons (Fsp3) is 0.467. The van der Waals surface area contributed by atoms with Crippen molar-refractivity contribution < 1.29 is 26.5 Å². The van der Waals surface area contributed by atoms with Gasteiger partial charge >= 0.3 is 0 Å². The summed E-state index contributed by atoms with van der Waals surface area (Å²) in [7, 11) is -3.49. The Morgan fingerprint density at radius 2 is 1.55 bits per heavy atom. The number of aromatic nitrogens is 1. The van der Waals surface area contributed by atoms with Gasteiger partial charge in [0.2, 0.25) is 10.0 Å². The number of hydrogen-bond donors (Lipinski definition) is 2. The average Bonchev–Trinajstić information content (AvgIpc) is 3.48. The van der Waals surface area contributed by atoms with E-state index in [-0.39, 0.29) is 37.6 Å². The minimum absolute atomic E-state index is 0.0574. The van der Waals surface area contributed by atoms with Gasteiger partial charge in [-0.25, -0.2) is 17.2 Å². The van der Waals surface area contributed by atoms with Crippen molar-refractivity contribution in [1.29, 1.82) is 0 Å². The molecule has 12 heteroatoms. The van der Waals surface area contributed by atoms with Crippen LogP contribution in [0.15, 0.2) is 53.3 Å². The smallest absolute Gasteiger partial charge is 0.257 e. The van der Waals surface area contributed by atoms with Gasteiger partial charge in [0.05, 0.1) is 22.7 Å². The lowest BCUT2D eigenvalue weighted by atomic mass is 9.93. The van der Waals surface area contributed by atoms with Gasteiger partial charge in [0, 0.05) is 62.0 Å². The van der Waals surface area contributed by atoms with Crippen molar-refractivity contribution in [3.63, 3.8) is 0 Å². The van der Waals surface area contributed by atoms with Crippen LogP contribution >= 0.6 is 0 Å². The molecule has 2 aliphatic heterocycles. The summed E-state index contributed by atoms with van der Waals surface area (Å²) in [5.41, 5.74) is 4.45. The number of rotatable bonds is 8. The maximum Gasteiger partial charge on any atom is 0.257 e. The highest BCUT2D eigenvalue weighted by molar-refractivity contribution is 7.92. The van der Waals surface area contributed by atoms with Crippen molar-refractivity contribution in [2.45, 2.75) is 51.4 Å². The number of nitrogens with zero attached hydrogens (tertiary/aromatic N) is 3.